The normalized spacial score (nSPS) is 27.9. The fourth-order valence-electron chi connectivity index (χ4n) is 5.16. The molecule has 0 radical (unpaired) electrons. The van der Waals surface area contributed by atoms with Crippen LogP contribution in [-0.4, -0.2) is 93.2 Å². The number of ether oxygens (including phenoxy) is 2. The van der Waals surface area contributed by atoms with Gasteiger partial charge >= 0.3 is 0 Å². The van der Waals surface area contributed by atoms with Gasteiger partial charge in [0.2, 0.25) is 17.7 Å². The van der Waals surface area contributed by atoms with Crippen LogP contribution in [0.5, 0.6) is 0 Å². The minimum Gasteiger partial charge on any atom is -0.383 e. The average Bonchev–Trinajstić information content (AvgIpc) is 3.56. The molecule has 3 fully saturated rings. The Morgan fingerprint density at radius 2 is 1.81 bits per heavy atom. The summed E-state index contributed by atoms with van der Waals surface area (Å²) in [6, 6.07) is -0.778. The first-order valence-electron chi connectivity index (χ1n) is 12.0. The van der Waals surface area contributed by atoms with Crippen LogP contribution in [0, 0.1) is 17.8 Å². The van der Waals surface area contributed by atoms with Gasteiger partial charge in [-0.25, -0.2) is 0 Å². The van der Waals surface area contributed by atoms with Crippen molar-refractivity contribution in [3.63, 3.8) is 0 Å². The van der Waals surface area contributed by atoms with Crippen LogP contribution in [0.1, 0.15) is 44.9 Å². The summed E-state index contributed by atoms with van der Waals surface area (Å²) in [6.07, 6.45) is 6.71. The molecular weight excluding hydrogens is 412 g/mol. The van der Waals surface area contributed by atoms with E-state index in [1.165, 1.54) is 7.11 Å². The van der Waals surface area contributed by atoms with Gasteiger partial charge in [0.1, 0.15) is 12.6 Å². The van der Waals surface area contributed by atoms with Crippen LogP contribution in [-0.2, 0) is 23.9 Å². The predicted molar refractivity (Wildman–Crippen MR) is 120 cm³/mol. The first-order chi connectivity index (χ1) is 15.5. The Bertz CT molecular complexity index is 656. The van der Waals surface area contributed by atoms with E-state index in [1.807, 2.05) is 4.90 Å². The summed E-state index contributed by atoms with van der Waals surface area (Å²) < 4.78 is 10.3. The number of hydrogen-bond donors (Lipinski definition) is 2. The zero-order valence-corrected chi connectivity index (χ0v) is 19.6. The SMILES string of the molecule is COCCN(C(=O)C1CC1)C1CC(C(=O)NCC2CCCC(CN)C2)N(C(=O)COC)C1. The third-order valence-electron chi connectivity index (χ3n) is 7.15. The molecule has 0 aromatic rings. The quantitative estimate of drug-likeness (QED) is 0.468. The summed E-state index contributed by atoms with van der Waals surface area (Å²) in [7, 11) is 3.08. The molecule has 0 aromatic heterocycles. The number of amides is 3. The van der Waals surface area contributed by atoms with Gasteiger partial charge < -0.3 is 30.3 Å². The molecule has 1 heterocycles. The summed E-state index contributed by atoms with van der Waals surface area (Å²) in [5, 5.41) is 3.09. The maximum atomic E-state index is 13.2. The molecule has 4 atom stereocenters. The van der Waals surface area contributed by atoms with Crippen molar-refractivity contribution in [2.75, 3.05) is 53.6 Å². The Morgan fingerprint density at radius 3 is 2.47 bits per heavy atom. The number of rotatable bonds is 11. The number of hydrogen-bond acceptors (Lipinski definition) is 6. The van der Waals surface area contributed by atoms with Gasteiger partial charge in [-0.3, -0.25) is 14.4 Å². The second-order valence-electron chi connectivity index (χ2n) is 9.56. The van der Waals surface area contributed by atoms with E-state index in [0.717, 1.165) is 38.5 Å². The van der Waals surface area contributed by atoms with Crippen molar-refractivity contribution in [3.8, 4) is 0 Å². The predicted octanol–water partition coefficient (Wildman–Crippen LogP) is 0.369. The number of nitrogens with zero attached hydrogens (tertiary/aromatic N) is 2. The highest BCUT2D eigenvalue weighted by molar-refractivity contribution is 5.89. The van der Waals surface area contributed by atoms with Gasteiger partial charge in [-0.2, -0.15) is 0 Å². The molecule has 3 rings (SSSR count). The number of carbonyl (C=O) groups is 3. The zero-order valence-electron chi connectivity index (χ0n) is 19.6. The van der Waals surface area contributed by atoms with Crippen LogP contribution in [0.4, 0.5) is 0 Å². The van der Waals surface area contributed by atoms with Gasteiger partial charge in [-0.05, 0) is 56.9 Å². The van der Waals surface area contributed by atoms with Gasteiger partial charge in [-0.1, -0.05) is 6.42 Å². The van der Waals surface area contributed by atoms with Crippen LogP contribution in [0.25, 0.3) is 0 Å². The maximum Gasteiger partial charge on any atom is 0.249 e. The van der Waals surface area contributed by atoms with Crippen LogP contribution >= 0.6 is 0 Å². The second-order valence-corrected chi connectivity index (χ2v) is 9.56. The number of nitrogens with two attached hydrogens (primary N) is 1. The van der Waals surface area contributed by atoms with Crippen LogP contribution < -0.4 is 11.1 Å². The van der Waals surface area contributed by atoms with Crippen molar-refractivity contribution in [2.45, 2.75) is 57.0 Å². The molecule has 182 valence electrons. The topological polar surface area (TPSA) is 114 Å². The van der Waals surface area contributed by atoms with E-state index in [2.05, 4.69) is 5.32 Å². The molecule has 1 aliphatic heterocycles. The van der Waals surface area contributed by atoms with Crippen LogP contribution in [0.2, 0.25) is 0 Å². The first-order valence-corrected chi connectivity index (χ1v) is 12.0. The Hall–Kier alpha value is -1.71. The molecule has 2 saturated carbocycles. The Morgan fingerprint density at radius 1 is 1.06 bits per heavy atom. The van der Waals surface area contributed by atoms with Crippen molar-refractivity contribution in [3.05, 3.63) is 0 Å². The fourth-order valence-corrected chi connectivity index (χ4v) is 5.16. The van der Waals surface area contributed by atoms with Crippen molar-refractivity contribution < 1.29 is 23.9 Å². The highest BCUT2D eigenvalue weighted by Crippen LogP contribution is 2.34. The van der Waals surface area contributed by atoms with Crippen molar-refractivity contribution >= 4 is 17.7 Å². The molecule has 9 nitrogen and oxygen atoms in total. The summed E-state index contributed by atoms with van der Waals surface area (Å²) in [4.78, 5) is 42.2. The Labute approximate surface area is 191 Å². The van der Waals surface area contributed by atoms with E-state index in [0.29, 0.717) is 51.0 Å². The first kappa shape index (κ1) is 24.9. The van der Waals surface area contributed by atoms with E-state index in [1.54, 1.807) is 12.0 Å². The summed E-state index contributed by atoms with van der Waals surface area (Å²) >= 11 is 0. The number of nitrogens with one attached hydrogen (secondary N) is 1. The highest BCUT2D eigenvalue weighted by Gasteiger charge is 2.45. The monoisotopic (exact) mass is 452 g/mol. The molecule has 32 heavy (non-hydrogen) atoms. The van der Waals surface area contributed by atoms with Crippen molar-refractivity contribution in [1.82, 2.24) is 15.1 Å². The lowest BCUT2D eigenvalue weighted by Crippen LogP contribution is -2.48. The lowest BCUT2D eigenvalue weighted by Gasteiger charge is -2.29. The van der Waals surface area contributed by atoms with Crippen LogP contribution in [0.15, 0.2) is 0 Å². The largest absolute Gasteiger partial charge is 0.383 e. The Balaban J connectivity index is 1.65. The summed E-state index contributed by atoms with van der Waals surface area (Å²) in [5.74, 6) is 0.784. The van der Waals surface area contributed by atoms with E-state index in [9.17, 15) is 14.4 Å². The lowest BCUT2D eigenvalue weighted by atomic mass is 9.81. The van der Waals surface area contributed by atoms with E-state index in [-0.39, 0.29) is 36.3 Å². The molecule has 0 aromatic carbocycles. The van der Waals surface area contributed by atoms with Gasteiger partial charge in [-0.15, -0.1) is 0 Å². The molecule has 3 aliphatic rings. The summed E-state index contributed by atoms with van der Waals surface area (Å²) in [6.45, 7) is 2.48. The smallest absolute Gasteiger partial charge is 0.249 e. The van der Waals surface area contributed by atoms with E-state index in [4.69, 9.17) is 15.2 Å². The average molecular weight is 453 g/mol. The zero-order chi connectivity index (χ0) is 23.1. The van der Waals surface area contributed by atoms with Gasteiger partial charge in [0.25, 0.3) is 0 Å². The van der Waals surface area contributed by atoms with Crippen molar-refractivity contribution in [1.29, 1.82) is 0 Å². The third kappa shape index (κ3) is 6.42. The van der Waals surface area contributed by atoms with Crippen LogP contribution in [0.3, 0.4) is 0 Å². The summed E-state index contributed by atoms with van der Waals surface area (Å²) in [5.41, 5.74) is 5.84. The molecule has 2 aliphatic carbocycles. The van der Waals surface area contributed by atoms with E-state index >= 15 is 0 Å². The van der Waals surface area contributed by atoms with Gasteiger partial charge in [0.05, 0.1) is 12.6 Å². The maximum absolute atomic E-state index is 13.2. The Kier molecular flexibility index (Phi) is 9.31. The minimum atomic E-state index is -0.589. The number of methoxy groups -OCH3 is 2. The molecule has 0 bridgehead atoms. The fraction of sp³-hybridized carbons (Fsp3) is 0.870. The number of likely N-dealkylation sites (tertiary alicyclic amines) is 1. The van der Waals surface area contributed by atoms with Gasteiger partial charge in [0, 0.05) is 39.8 Å². The van der Waals surface area contributed by atoms with E-state index < -0.39 is 6.04 Å². The minimum absolute atomic E-state index is 0.0738. The highest BCUT2D eigenvalue weighted by atomic mass is 16.5. The lowest BCUT2D eigenvalue weighted by molar-refractivity contribution is -0.141. The molecular formula is C23H40N4O5. The molecule has 3 N–H and O–H groups in total. The molecule has 3 amide bonds. The van der Waals surface area contributed by atoms with Crippen molar-refractivity contribution in [2.24, 2.45) is 23.5 Å². The second kappa shape index (κ2) is 12.0. The molecule has 0 spiro atoms. The molecule has 9 heteroatoms. The third-order valence-corrected chi connectivity index (χ3v) is 7.15. The molecule has 4 unspecified atom stereocenters. The molecule has 1 saturated heterocycles. The standard InChI is InChI=1S/C23H40N4O5/c1-31-9-8-26(23(30)18-6-7-18)19-11-20(27(14-19)21(28)15-32-2)22(29)25-13-17-5-3-4-16(10-17)12-24/h16-20H,3-15,24H2,1-2H3,(H,25,29). The number of carbonyl (C=O) groups excluding carboxylic acids is 3. The van der Waals surface area contributed by atoms with Gasteiger partial charge in [0.15, 0.2) is 0 Å².